The van der Waals surface area contributed by atoms with Gasteiger partial charge in [0.2, 0.25) is 5.91 Å². The van der Waals surface area contributed by atoms with Crippen LogP contribution in [0.2, 0.25) is 5.02 Å². The molecular weight excluding hydrogens is 281 g/mol. The van der Waals surface area contributed by atoms with Gasteiger partial charge in [0.1, 0.15) is 5.82 Å². The first kappa shape index (κ1) is 16.9. The summed E-state index contributed by atoms with van der Waals surface area (Å²) in [5.74, 6) is -0.785. The minimum absolute atomic E-state index is 0.0112. The molecule has 1 unspecified atom stereocenters. The van der Waals surface area contributed by atoms with Gasteiger partial charge < -0.3 is 10.4 Å². The predicted octanol–water partition coefficient (Wildman–Crippen LogP) is 2.93. The summed E-state index contributed by atoms with van der Waals surface area (Å²) in [5, 5.41) is 12.1. The Morgan fingerprint density at radius 3 is 2.60 bits per heavy atom. The van der Waals surface area contributed by atoms with Gasteiger partial charge >= 0.3 is 0 Å². The van der Waals surface area contributed by atoms with E-state index in [1.54, 1.807) is 6.07 Å². The van der Waals surface area contributed by atoms with Gasteiger partial charge in [0.25, 0.3) is 0 Å². The molecule has 1 aromatic carbocycles. The van der Waals surface area contributed by atoms with E-state index in [1.807, 2.05) is 20.8 Å². The lowest BCUT2D eigenvalue weighted by molar-refractivity contribution is -0.122. The smallest absolute Gasteiger partial charge is 0.224 e. The number of amides is 1. The van der Waals surface area contributed by atoms with Crippen LogP contribution in [0.25, 0.3) is 0 Å². The number of aliphatic hydroxyl groups excluding tert-OH is 1. The van der Waals surface area contributed by atoms with Crippen LogP contribution in [0.3, 0.4) is 0 Å². The van der Waals surface area contributed by atoms with Crippen molar-refractivity contribution in [1.82, 2.24) is 5.32 Å². The third-order valence-electron chi connectivity index (χ3n) is 3.20. The summed E-state index contributed by atoms with van der Waals surface area (Å²) in [6.45, 7) is 5.92. The Kier molecular flexibility index (Phi) is 5.96. The maximum Gasteiger partial charge on any atom is 0.224 e. The quantitative estimate of drug-likeness (QED) is 0.878. The van der Waals surface area contributed by atoms with Crippen molar-refractivity contribution in [3.05, 3.63) is 34.6 Å². The zero-order valence-corrected chi connectivity index (χ0v) is 12.8. The van der Waals surface area contributed by atoms with Crippen LogP contribution in [-0.2, 0) is 11.2 Å². The molecule has 5 heteroatoms. The van der Waals surface area contributed by atoms with Crippen LogP contribution in [0.4, 0.5) is 4.39 Å². The number of hydrogen-bond donors (Lipinski definition) is 2. The first-order valence-electron chi connectivity index (χ1n) is 6.59. The molecule has 0 aromatic heterocycles. The lowest BCUT2D eigenvalue weighted by atomic mass is 9.85. The zero-order valence-electron chi connectivity index (χ0n) is 12.0. The second-order valence-corrected chi connectivity index (χ2v) is 6.28. The Balaban J connectivity index is 2.76. The molecule has 20 heavy (non-hydrogen) atoms. The molecule has 0 heterocycles. The van der Waals surface area contributed by atoms with Gasteiger partial charge in [-0.3, -0.25) is 4.79 Å². The fraction of sp³-hybridized carbons (Fsp3) is 0.533. The van der Waals surface area contributed by atoms with Gasteiger partial charge in [-0.05, 0) is 24.0 Å². The third-order valence-corrected chi connectivity index (χ3v) is 3.55. The number of rotatable bonds is 5. The number of halogens is 2. The van der Waals surface area contributed by atoms with Crippen LogP contribution in [-0.4, -0.2) is 23.7 Å². The van der Waals surface area contributed by atoms with Gasteiger partial charge in [-0.15, -0.1) is 0 Å². The van der Waals surface area contributed by atoms with E-state index in [0.717, 1.165) is 0 Å². The number of benzene rings is 1. The lowest BCUT2D eigenvalue weighted by Crippen LogP contribution is -2.45. The van der Waals surface area contributed by atoms with Gasteiger partial charge in [0.05, 0.1) is 6.42 Å². The van der Waals surface area contributed by atoms with Crippen LogP contribution in [0.1, 0.15) is 32.8 Å². The van der Waals surface area contributed by atoms with Crippen molar-refractivity contribution in [2.45, 2.75) is 39.7 Å². The van der Waals surface area contributed by atoms with E-state index in [4.69, 9.17) is 16.7 Å². The van der Waals surface area contributed by atoms with E-state index >= 15 is 0 Å². The van der Waals surface area contributed by atoms with Crippen LogP contribution < -0.4 is 5.32 Å². The standard InChI is InChI=1S/C15H21ClFNO2/c1-15(2,3)13(7-8-19)18-14(20)9-10-11(16)5-4-6-12(10)17/h4-6,13,19H,7-9H2,1-3H3,(H,18,20). The number of aliphatic hydroxyl groups is 1. The summed E-state index contributed by atoms with van der Waals surface area (Å²) < 4.78 is 13.6. The minimum Gasteiger partial charge on any atom is -0.396 e. The van der Waals surface area contributed by atoms with Crippen LogP contribution in [0.15, 0.2) is 18.2 Å². The summed E-state index contributed by atoms with van der Waals surface area (Å²) >= 11 is 5.90. The number of hydrogen-bond acceptors (Lipinski definition) is 2. The number of nitrogens with one attached hydrogen (secondary N) is 1. The summed E-state index contributed by atoms with van der Waals surface area (Å²) in [5.41, 5.74) is 0.0144. The molecule has 1 amide bonds. The van der Waals surface area contributed by atoms with Crippen molar-refractivity contribution in [1.29, 1.82) is 0 Å². The molecule has 0 radical (unpaired) electrons. The van der Waals surface area contributed by atoms with Gasteiger partial charge in [-0.2, -0.15) is 0 Å². The average molecular weight is 302 g/mol. The Morgan fingerprint density at radius 1 is 1.45 bits per heavy atom. The van der Waals surface area contributed by atoms with Crippen LogP contribution >= 0.6 is 11.6 Å². The molecule has 0 aliphatic rings. The highest BCUT2D eigenvalue weighted by molar-refractivity contribution is 6.31. The molecule has 2 N–H and O–H groups in total. The largest absolute Gasteiger partial charge is 0.396 e. The maximum atomic E-state index is 13.6. The van der Waals surface area contributed by atoms with Crippen molar-refractivity contribution < 1.29 is 14.3 Å². The van der Waals surface area contributed by atoms with E-state index < -0.39 is 5.82 Å². The van der Waals surface area contributed by atoms with E-state index in [1.165, 1.54) is 12.1 Å². The van der Waals surface area contributed by atoms with Crippen molar-refractivity contribution in [3.63, 3.8) is 0 Å². The number of carbonyl (C=O) groups excluding carboxylic acids is 1. The first-order chi connectivity index (χ1) is 9.25. The maximum absolute atomic E-state index is 13.6. The highest BCUT2D eigenvalue weighted by Gasteiger charge is 2.26. The van der Waals surface area contributed by atoms with Crippen molar-refractivity contribution in [2.24, 2.45) is 5.41 Å². The van der Waals surface area contributed by atoms with E-state index in [0.29, 0.717) is 6.42 Å². The van der Waals surface area contributed by atoms with Crippen LogP contribution in [0, 0.1) is 11.2 Å². The SMILES string of the molecule is CC(C)(C)C(CCO)NC(=O)Cc1c(F)cccc1Cl. The van der Waals surface area contributed by atoms with Crippen LogP contribution in [0.5, 0.6) is 0 Å². The molecule has 0 fully saturated rings. The van der Waals surface area contributed by atoms with Gasteiger partial charge in [0, 0.05) is 23.2 Å². The second kappa shape index (κ2) is 7.04. The molecule has 0 aliphatic carbocycles. The lowest BCUT2D eigenvalue weighted by Gasteiger charge is -2.31. The summed E-state index contributed by atoms with van der Waals surface area (Å²) in [4.78, 5) is 12.0. The molecule has 112 valence electrons. The highest BCUT2D eigenvalue weighted by Crippen LogP contribution is 2.23. The average Bonchev–Trinajstić information content (AvgIpc) is 2.32. The van der Waals surface area contributed by atoms with Crippen molar-refractivity contribution in [3.8, 4) is 0 Å². The molecule has 0 saturated carbocycles. The van der Waals surface area contributed by atoms with E-state index in [9.17, 15) is 9.18 Å². The summed E-state index contributed by atoms with van der Waals surface area (Å²) in [7, 11) is 0. The third kappa shape index (κ3) is 4.76. The fourth-order valence-corrected chi connectivity index (χ4v) is 2.19. The molecular formula is C15H21ClFNO2. The van der Waals surface area contributed by atoms with E-state index in [-0.39, 0.29) is 41.0 Å². The molecule has 0 bridgehead atoms. The zero-order chi connectivity index (χ0) is 15.3. The van der Waals surface area contributed by atoms with E-state index in [2.05, 4.69) is 5.32 Å². The fourth-order valence-electron chi connectivity index (χ4n) is 1.96. The molecule has 1 rings (SSSR count). The van der Waals surface area contributed by atoms with Gasteiger partial charge in [-0.25, -0.2) is 4.39 Å². The Morgan fingerprint density at radius 2 is 2.10 bits per heavy atom. The summed E-state index contributed by atoms with van der Waals surface area (Å²) in [6.07, 6.45) is 0.351. The minimum atomic E-state index is -0.484. The summed E-state index contributed by atoms with van der Waals surface area (Å²) in [6, 6.07) is 4.17. The second-order valence-electron chi connectivity index (χ2n) is 5.88. The Bertz CT molecular complexity index is 451. The normalized spacial score (nSPS) is 13.1. The molecule has 0 spiro atoms. The molecule has 1 atom stereocenters. The monoisotopic (exact) mass is 301 g/mol. The Hall–Kier alpha value is -1.13. The molecule has 3 nitrogen and oxygen atoms in total. The topological polar surface area (TPSA) is 49.3 Å². The molecule has 0 aliphatic heterocycles. The molecule has 1 aromatic rings. The van der Waals surface area contributed by atoms with Crippen molar-refractivity contribution in [2.75, 3.05) is 6.61 Å². The highest BCUT2D eigenvalue weighted by atomic mass is 35.5. The van der Waals surface area contributed by atoms with Crippen molar-refractivity contribution >= 4 is 17.5 Å². The number of carbonyl (C=O) groups is 1. The van der Waals surface area contributed by atoms with Gasteiger partial charge in [0.15, 0.2) is 0 Å². The van der Waals surface area contributed by atoms with Gasteiger partial charge in [-0.1, -0.05) is 38.4 Å². The predicted molar refractivity (Wildman–Crippen MR) is 78.2 cm³/mol. The molecule has 0 saturated heterocycles. The first-order valence-corrected chi connectivity index (χ1v) is 6.96. The Labute approximate surface area is 124 Å².